The van der Waals surface area contributed by atoms with Crippen LogP contribution in [0.15, 0.2) is 18.2 Å². The van der Waals surface area contributed by atoms with Crippen molar-refractivity contribution in [3.63, 3.8) is 0 Å². The van der Waals surface area contributed by atoms with Gasteiger partial charge < -0.3 is 14.6 Å². The maximum absolute atomic E-state index is 11.0. The average Bonchev–Trinajstić information content (AvgIpc) is 2.53. The molecule has 21 heavy (non-hydrogen) atoms. The van der Waals surface area contributed by atoms with E-state index in [-0.39, 0.29) is 6.29 Å². The standard InChI is InChI=1S/C17H22O4/c18-17(19)15-7-6-13-9-12(4-5-14(13)10-15)11-21-16-3-1-2-8-20-16/h6-7,10,12,16H,1-5,8-9,11H2,(H,18,19). The van der Waals surface area contributed by atoms with Crippen molar-refractivity contribution in [2.45, 2.75) is 44.8 Å². The highest BCUT2D eigenvalue weighted by Crippen LogP contribution is 2.27. The van der Waals surface area contributed by atoms with Crippen LogP contribution >= 0.6 is 0 Å². The first-order valence-corrected chi connectivity index (χ1v) is 7.80. The lowest BCUT2D eigenvalue weighted by atomic mass is 9.83. The minimum atomic E-state index is -0.849. The van der Waals surface area contributed by atoms with E-state index >= 15 is 0 Å². The van der Waals surface area contributed by atoms with Gasteiger partial charge >= 0.3 is 5.97 Å². The molecule has 0 amide bonds. The fourth-order valence-corrected chi connectivity index (χ4v) is 3.19. The molecule has 1 N–H and O–H groups in total. The van der Waals surface area contributed by atoms with E-state index in [0.29, 0.717) is 11.5 Å². The maximum atomic E-state index is 11.0. The predicted molar refractivity (Wildman–Crippen MR) is 78.5 cm³/mol. The van der Waals surface area contributed by atoms with Gasteiger partial charge in [0.05, 0.1) is 12.2 Å². The molecule has 1 aliphatic heterocycles. The Morgan fingerprint density at radius 3 is 2.95 bits per heavy atom. The minimum absolute atomic E-state index is 0.0190. The van der Waals surface area contributed by atoms with E-state index in [1.165, 1.54) is 17.5 Å². The summed E-state index contributed by atoms with van der Waals surface area (Å²) in [5.74, 6) is -0.337. The van der Waals surface area contributed by atoms with E-state index in [2.05, 4.69) is 0 Å². The molecule has 2 unspecified atom stereocenters. The molecular formula is C17H22O4. The van der Waals surface area contributed by atoms with Gasteiger partial charge in [-0.2, -0.15) is 0 Å². The van der Waals surface area contributed by atoms with Gasteiger partial charge in [0.15, 0.2) is 6.29 Å². The van der Waals surface area contributed by atoms with Gasteiger partial charge in [0.1, 0.15) is 0 Å². The Morgan fingerprint density at radius 1 is 1.29 bits per heavy atom. The summed E-state index contributed by atoms with van der Waals surface area (Å²) in [6, 6.07) is 5.48. The molecule has 1 saturated heterocycles. The zero-order valence-corrected chi connectivity index (χ0v) is 12.2. The fourth-order valence-electron chi connectivity index (χ4n) is 3.19. The average molecular weight is 290 g/mol. The van der Waals surface area contributed by atoms with Crippen molar-refractivity contribution in [2.75, 3.05) is 13.2 Å². The van der Waals surface area contributed by atoms with Crippen molar-refractivity contribution in [1.29, 1.82) is 0 Å². The third-order valence-electron chi connectivity index (χ3n) is 4.44. The quantitative estimate of drug-likeness (QED) is 0.926. The zero-order valence-electron chi connectivity index (χ0n) is 12.2. The van der Waals surface area contributed by atoms with Gasteiger partial charge in [-0.25, -0.2) is 4.79 Å². The second-order valence-corrected chi connectivity index (χ2v) is 6.03. The Morgan fingerprint density at radius 2 is 2.19 bits per heavy atom. The van der Waals surface area contributed by atoms with Gasteiger partial charge in [0, 0.05) is 6.61 Å². The lowest BCUT2D eigenvalue weighted by Gasteiger charge is -2.28. The summed E-state index contributed by atoms with van der Waals surface area (Å²) in [5, 5.41) is 9.03. The Labute approximate surface area is 125 Å². The molecule has 0 aromatic heterocycles. The molecule has 0 saturated carbocycles. The van der Waals surface area contributed by atoms with E-state index in [1.807, 2.05) is 12.1 Å². The number of rotatable bonds is 4. The second kappa shape index (κ2) is 6.58. The van der Waals surface area contributed by atoms with Crippen LogP contribution in [0.4, 0.5) is 0 Å². The summed E-state index contributed by atoms with van der Waals surface area (Å²) >= 11 is 0. The monoisotopic (exact) mass is 290 g/mol. The number of aromatic carboxylic acids is 1. The van der Waals surface area contributed by atoms with Crippen LogP contribution in [-0.4, -0.2) is 30.6 Å². The zero-order chi connectivity index (χ0) is 14.7. The van der Waals surface area contributed by atoms with Crippen LogP contribution < -0.4 is 0 Å². The van der Waals surface area contributed by atoms with Crippen molar-refractivity contribution < 1.29 is 19.4 Å². The normalized spacial score (nSPS) is 25.3. The van der Waals surface area contributed by atoms with Crippen molar-refractivity contribution >= 4 is 5.97 Å². The number of fused-ring (bicyclic) bond motifs is 1. The second-order valence-electron chi connectivity index (χ2n) is 6.03. The van der Waals surface area contributed by atoms with Crippen LogP contribution in [0, 0.1) is 5.92 Å². The number of hydrogen-bond donors (Lipinski definition) is 1. The first-order chi connectivity index (χ1) is 10.2. The number of benzene rings is 1. The Bertz CT molecular complexity index is 506. The molecule has 0 bridgehead atoms. The van der Waals surface area contributed by atoms with E-state index in [1.54, 1.807) is 6.07 Å². The Kier molecular flexibility index (Phi) is 4.56. The highest BCUT2D eigenvalue weighted by atomic mass is 16.7. The predicted octanol–water partition coefficient (Wildman–Crippen LogP) is 3.03. The lowest BCUT2D eigenvalue weighted by molar-refractivity contribution is -0.169. The van der Waals surface area contributed by atoms with Crippen molar-refractivity contribution in [2.24, 2.45) is 5.92 Å². The molecule has 2 aliphatic rings. The molecule has 1 heterocycles. The summed E-state index contributed by atoms with van der Waals surface area (Å²) in [6.45, 7) is 1.56. The van der Waals surface area contributed by atoms with Gasteiger partial charge in [0.25, 0.3) is 0 Å². The van der Waals surface area contributed by atoms with Crippen molar-refractivity contribution in [3.8, 4) is 0 Å². The Balaban J connectivity index is 1.55. The molecule has 1 aliphatic carbocycles. The minimum Gasteiger partial charge on any atom is -0.478 e. The number of aryl methyl sites for hydroxylation is 1. The number of carbonyl (C=O) groups is 1. The molecule has 1 aromatic rings. The molecule has 4 nitrogen and oxygen atoms in total. The van der Waals surface area contributed by atoms with Crippen molar-refractivity contribution in [1.82, 2.24) is 0 Å². The maximum Gasteiger partial charge on any atom is 0.335 e. The smallest absolute Gasteiger partial charge is 0.335 e. The fraction of sp³-hybridized carbons (Fsp3) is 0.588. The summed E-state index contributed by atoms with van der Waals surface area (Å²) in [4.78, 5) is 11.0. The number of carboxylic acid groups (broad SMARTS) is 1. The molecule has 114 valence electrons. The third-order valence-corrected chi connectivity index (χ3v) is 4.44. The van der Waals surface area contributed by atoms with E-state index in [4.69, 9.17) is 14.6 Å². The van der Waals surface area contributed by atoms with Gasteiger partial charge in [-0.1, -0.05) is 6.07 Å². The molecule has 1 aromatic carbocycles. The number of carboxylic acids is 1. The van der Waals surface area contributed by atoms with Gasteiger partial charge in [0.2, 0.25) is 0 Å². The van der Waals surface area contributed by atoms with Crippen LogP contribution in [0.1, 0.15) is 47.2 Å². The summed E-state index contributed by atoms with van der Waals surface area (Å²) in [5.41, 5.74) is 2.84. The van der Waals surface area contributed by atoms with Gasteiger partial charge in [-0.05, 0) is 67.7 Å². The van der Waals surface area contributed by atoms with Gasteiger partial charge in [-0.3, -0.25) is 0 Å². The molecule has 4 heteroatoms. The molecule has 0 spiro atoms. The first kappa shape index (κ1) is 14.5. The third kappa shape index (κ3) is 3.63. The highest BCUT2D eigenvalue weighted by molar-refractivity contribution is 5.87. The lowest BCUT2D eigenvalue weighted by Crippen LogP contribution is -2.27. The summed E-state index contributed by atoms with van der Waals surface area (Å²) in [7, 11) is 0. The summed E-state index contributed by atoms with van der Waals surface area (Å²) in [6.07, 6.45) is 6.29. The first-order valence-electron chi connectivity index (χ1n) is 7.80. The van der Waals surface area contributed by atoms with E-state index in [0.717, 1.165) is 45.3 Å². The number of ether oxygens (including phenoxy) is 2. The van der Waals surface area contributed by atoms with Crippen LogP contribution in [-0.2, 0) is 22.3 Å². The van der Waals surface area contributed by atoms with Crippen LogP contribution in [0.2, 0.25) is 0 Å². The summed E-state index contributed by atoms with van der Waals surface area (Å²) < 4.78 is 11.5. The van der Waals surface area contributed by atoms with Crippen LogP contribution in [0.3, 0.4) is 0 Å². The van der Waals surface area contributed by atoms with Gasteiger partial charge in [-0.15, -0.1) is 0 Å². The SMILES string of the molecule is O=C(O)c1ccc2c(c1)CCC(COC1CCCCO1)C2. The molecule has 1 fully saturated rings. The number of hydrogen-bond acceptors (Lipinski definition) is 3. The highest BCUT2D eigenvalue weighted by Gasteiger charge is 2.22. The van der Waals surface area contributed by atoms with Crippen LogP contribution in [0.5, 0.6) is 0 Å². The van der Waals surface area contributed by atoms with E-state index < -0.39 is 5.97 Å². The molecule has 0 radical (unpaired) electrons. The Hall–Kier alpha value is -1.39. The topological polar surface area (TPSA) is 55.8 Å². The largest absolute Gasteiger partial charge is 0.478 e. The van der Waals surface area contributed by atoms with E-state index in [9.17, 15) is 4.79 Å². The van der Waals surface area contributed by atoms with Crippen molar-refractivity contribution in [3.05, 3.63) is 34.9 Å². The van der Waals surface area contributed by atoms with Crippen LogP contribution in [0.25, 0.3) is 0 Å². The molecule has 2 atom stereocenters. The molecular weight excluding hydrogens is 268 g/mol. The molecule has 3 rings (SSSR count).